The molecule has 5 heteroatoms. The maximum absolute atomic E-state index is 13.5. The molecule has 84 valence electrons. The molecule has 0 aromatic carbocycles. The van der Waals surface area contributed by atoms with E-state index in [1.165, 1.54) is 0 Å². The number of anilines is 1. The van der Waals surface area contributed by atoms with E-state index >= 15 is 0 Å². The van der Waals surface area contributed by atoms with E-state index in [4.69, 9.17) is 4.74 Å². The van der Waals surface area contributed by atoms with Gasteiger partial charge in [-0.2, -0.15) is 0 Å². The van der Waals surface area contributed by atoms with Crippen molar-refractivity contribution < 1.29 is 13.9 Å². The summed E-state index contributed by atoms with van der Waals surface area (Å²) < 4.78 is 18.9. The normalized spacial score (nSPS) is 22.8. The smallest absolute Gasteiger partial charge is 0.185 e. The van der Waals surface area contributed by atoms with Crippen molar-refractivity contribution in [3.05, 3.63) is 17.7 Å². The molecule has 1 aromatic rings. The van der Waals surface area contributed by atoms with E-state index in [0.29, 0.717) is 31.0 Å². The molecule has 0 N–H and O–H groups in total. The van der Waals surface area contributed by atoms with Gasteiger partial charge in [-0.3, -0.25) is 4.79 Å². The lowest BCUT2D eigenvalue weighted by Gasteiger charge is -2.39. The molecule has 4 nitrogen and oxygen atoms in total. The number of ether oxygens (including phenoxy) is 1. The fourth-order valence-electron chi connectivity index (χ4n) is 2.26. The van der Waals surface area contributed by atoms with E-state index in [1.54, 1.807) is 0 Å². The Balaban J connectivity index is 2.26. The first-order chi connectivity index (χ1) is 7.68. The minimum Gasteiger partial charge on any atom is -0.486 e. The van der Waals surface area contributed by atoms with Gasteiger partial charge in [0.2, 0.25) is 0 Å². The fourth-order valence-corrected chi connectivity index (χ4v) is 2.26. The second kappa shape index (κ2) is 3.17. The number of nitrogens with zero attached hydrogens (tertiary/aromatic N) is 2. The molecule has 2 aliphatic rings. The number of hydrogen-bond acceptors (Lipinski definition) is 4. The zero-order chi connectivity index (χ0) is 11.3. The van der Waals surface area contributed by atoms with E-state index in [9.17, 15) is 9.18 Å². The van der Waals surface area contributed by atoms with Crippen LogP contribution in [0.5, 0.6) is 5.75 Å². The van der Waals surface area contributed by atoms with E-state index in [0.717, 1.165) is 6.20 Å². The molecule has 0 amide bonds. The number of carbonyl (C=O) groups is 1. The maximum Gasteiger partial charge on any atom is 0.185 e. The van der Waals surface area contributed by atoms with Crippen LogP contribution in [0.15, 0.2) is 6.20 Å². The summed E-state index contributed by atoms with van der Waals surface area (Å²) in [6.07, 6.45) is 1.50. The van der Waals surface area contributed by atoms with Crippen molar-refractivity contribution in [1.82, 2.24) is 4.98 Å². The van der Waals surface area contributed by atoms with Gasteiger partial charge in [0.25, 0.3) is 0 Å². The highest BCUT2D eigenvalue weighted by atomic mass is 19.1. The van der Waals surface area contributed by atoms with E-state index in [2.05, 4.69) is 4.98 Å². The van der Waals surface area contributed by atoms with Gasteiger partial charge in [0.1, 0.15) is 18.0 Å². The number of hydrogen-bond donors (Lipinski definition) is 0. The molecule has 0 spiro atoms. The van der Waals surface area contributed by atoms with Crippen LogP contribution in [0.2, 0.25) is 0 Å². The molecule has 0 saturated carbocycles. The van der Waals surface area contributed by atoms with Gasteiger partial charge >= 0.3 is 0 Å². The molecule has 0 fully saturated rings. The average Bonchev–Trinajstić information content (AvgIpc) is 2.27. The lowest BCUT2D eigenvalue weighted by Crippen LogP contribution is -2.45. The third kappa shape index (κ3) is 1.14. The van der Waals surface area contributed by atoms with Gasteiger partial charge in [-0.05, 0) is 6.92 Å². The summed E-state index contributed by atoms with van der Waals surface area (Å²) in [5, 5.41) is 0. The summed E-state index contributed by atoms with van der Waals surface area (Å²) >= 11 is 0. The van der Waals surface area contributed by atoms with Crippen LogP contribution < -0.4 is 9.64 Å². The minimum absolute atomic E-state index is 0.0369. The van der Waals surface area contributed by atoms with Crippen molar-refractivity contribution in [2.75, 3.05) is 18.1 Å². The fraction of sp³-hybridized carbons (Fsp3) is 0.455. The monoisotopic (exact) mass is 222 g/mol. The molecule has 3 rings (SSSR count). The molecule has 1 aromatic heterocycles. The molecule has 1 atom stereocenters. The van der Waals surface area contributed by atoms with Gasteiger partial charge in [-0.25, -0.2) is 9.37 Å². The van der Waals surface area contributed by atoms with Crippen LogP contribution in [0, 0.1) is 5.82 Å². The van der Waals surface area contributed by atoms with Crippen LogP contribution in [0.25, 0.3) is 0 Å². The number of pyridine rings is 1. The van der Waals surface area contributed by atoms with Crippen LogP contribution in [0.4, 0.5) is 10.1 Å². The molecule has 16 heavy (non-hydrogen) atoms. The second-order valence-corrected chi connectivity index (χ2v) is 4.16. The van der Waals surface area contributed by atoms with Crippen LogP contribution in [-0.4, -0.2) is 30.0 Å². The van der Waals surface area contributed by atoms with Gasteiger partial charge in [0.05, 0.1) is 12.2 Å². The second-order valence-electron chi connectivity index (χ2n) is 4.16. The molecule has 0 radical (unpaired) electrons. The Morgan fingerprint density at radius 3 is 3.25 bits per heavy atom. The number of halogens is 1. The molecule has 3 heterocycles. The third-order valence-corrected chi connectivity index (χ3v) is 3.10. The Morgan fingerprint density at radius 2 is 2.44 bits per heavy atom. The quantitative estimate of drug-likeness (QED) is 0.665. The molecular formula is C11H11FN2O2. The Bertz CT molecular complexity index is 475. The number of ketones is 1. The van der Waals surface area contributed by atoms with E-state index < -0.39 is 5.82 Å². The summed E-state index contributed by atoms with van der Waals surface area (Å²) in [5.41, 5.74) is 0.879. The van der Waals surface area contributed by atoms with Crippen LogP contribution in [0.3, 0.4) is 0 Å². The standard InChI is InChI=1S/C11H11FN2O2/c1-6-5-16-11-7(12)4-13-9-8(15)2-3-14(6)10(9)11/h4,6H,2-3,5H2,1H3. The largest absolute Gasteiger partial charge is 0.486 e. The first kappa shape index (κ1) is 9.57. The topological polar surface area (TPSA) is 42.4 Å². The Morgan fingerprint density at radius 1 is 1.62 bits per heavy atom. The highest BCUT2D eigenvalue weighted by Gasteiger charge is 2.35. The summed E-state index contributed by atoms with van der Waals surface area (Å²) in [7, 11) is 0. The predicted molar refractivity (Wildman–Crippen MR) is 55.4 cm³/mol. The van der Waals surface area contributed by atoms with Crippen molar-refractivity contribution in [2.24, 2.45) is 0 Å². The lowest BCUT2D eigenvalue weighted by atomic mass is 10.0. The average molecular weight is 222 g/mol. The van der Waals surface area contributed by atoms with Gasteiger partial charge in [-0.1, -0.05) is 0 Å². The number of aromatic nitrogens is 1. The molecule has 2 aliphatic heterocycles. The van der Waals surface area contributed by atoms with Crippen molar-refractivity contribution in [3.63, 3.8) is 0 Å². The Kier molecular flexibility index (Phi) is 1.89. The highest BCUT2D eigenvalue weighted by Crippen LogP contribution is 2.40. The minimum atomic E-state index is -0.495. The van der Waals surface area contributed by atoms with Crippen molar-refractivity contribution in [3.8, 4) is 5.75 Å². The van der Waals surface area contributed by atoms with E-state index in [1.807, 2.05) is 11.8 Å². The van der Waals surface area contributed by atoms with Gasteiger partial charge in [0, 0.05) is 13.0 Å². The summed E-state index contributed by atoms with van der Waals surface area (Å²) in [6.45, 7) is 3.06. The highest BCUT2D eigenvalue weighted by molar-refractivity contribution is 6.03. The van der Waals surface area contributed by atoms with Crippen LogP contribution in [-0.2, 0) is 0 Å². The van der Waals surface area contributed by atoms with E-state index in [-0.39, 0.29) is 17.6 Å². The van der Waals surface area contributed by atoms with Crippen LogP contribution in [0.1, 0.15) is 23.8 Å². The van der Waals surface area contributed by atoms with Crippen molar-refractivity contribution in [2.45, 2.75) is 19.4 Å². The molecule has 0 aliphatic carbocycles. The SMILES string of the molecule is CC1COc2c(F)cnc3c2N1CCC3=O. The Labute approximate surface area is 92.0 Å². The summed E-state index contributed by atoms with van der Waals surface area (Å²) in [5.74, 6) is -0.355. The number of carbonyl (C=O) groups excluding carboxylic acids is 1. The van der Waals surface area contributed by atoms with Crippen molar-refractivity contribution >= 4 is 11.5 Å². The molecule has 0 saturated heterocycles. The van der Waals surface area contributed by atoms with Gasteiger partial charge in [0.15, 0.2) is 17.3 Å². The number of Topliss-reactive ketones (excluding diaryl/α,β-unsaturated/α-hetero) is 1. The summed E-state index contributed by atoms with van der Waals surface area (Å²) in [4.78, 5) is 17.6. The zero-order valence-corrected chi connectivity index (χ0v) is 8.86. The summed E-state index contributed by atoms with van der Waals surface area (Å²) in [6, 6.07) is 0.156. The first-order valence-corrected chi connectivity index (χ1v) is 5.29. The maximum atomic E-state index is 13.5. The molecule has 1 unspecified atom stereocenters. The van der Waals surface area contributed by atoms with Gasteiger partial charge < -0.3 is 9.64 Å². The van der Waals surface area contributed by atoms with Gasteiger partial charge in [-0.15, -0.1) is 0 Å². The lowest BCUT2D eigenvalue weighted by molar-refractivity contribution is 0.0968. The predicted octanol–water partition coefficient (Wildman–Crippen LogP) is 1.39. The number of rotatable bonds is 0. The van der Waals surface area contributed by atoms with Crippen LogP contribution >= 0.6 is 0 Å². The zero-order valence-electron chi connectivity index (χ0n) is 8.86. The third-order valence-electron chi connectivity index (χ3n) is 3.10. The molecule has 0 bridgehead atoms. The Hall–Kier alpha value is -1.65. The first-order valence-electron chi connectivity index (χ1n) is 5.29. The van der Waals surface area contributed by atoms with Crippen molar-refractivity contribution in [1.29, 1.82) is 0 Å². The molecular weight excluding hydrogens is 211 g/mol.